The quantitative estimate of drug-likeness (QED) is 0.736. The van der Waals surface area contributed by atoms with Gasteiger partial charge in [0.05, 0.1) is 16.3 Å². The highest BCUT2D eigenvalue weighted by molar-refractivity contribution is 7.19. The van der Waals surface area contributed by atoms with Crippen LogP contribution in [0.3, 0.4) is 0 Å². The highest BCUT2D eigenvalue weighted by Crippen LogP contribution is 2.38. The van der Waals surface area contributed by atoms with Gasteiger partial charge in [-0.2, -0.15) is 0 Å². The first-order valence-corrected chi connectivity index (χ1v) is 10.4. The molecule has 8 heteroatoms. The number of rotatable bonds is 2. The molecule has 26 heavy (non-hydrogen) atoms. The summed E-state index contributed by atoms with van der Waals surface area (Å²) in [6, 6.07) is 4.38. The standard InChI is InChI=1S/C18H19N5OS2/c1-10-11(2)26-17-14(10)16(20-15(21-17)13-4-3-7-25-13)22-5-6-23-12(9-22)8-19-18(23)24/h3-4,7,12H,5-6,8-9H2,1-2H3,(H,19,24)/t12-/m1/s1. The predicted molar refractivity (Wildman–Crippen MR) is 106 cm³/mol. The fourth-order valence-corrected chi connectivity index (χ4v) is 5.45. The molecule has 0 bridgehead atoms. The first-order valence-electron chi connectivity index (χ1n) is 8.73. The number of urea groups is 1. The second kappa shape index (κ2) is 5.92. The summed E-state index contributed by atoms with van der Waals surface area (Å²) >= 11 is 3.40. The number of carbonyl (C=O) groups excluding carboxylic acids is 1. The van der Waals surface area contributed by atoms with Crippen molar-refractivity contribution in [3.8, 4) is 10.7 Å². The molecule has 0 unspecified atom stereocenters. The van der Waals surface area contributed by atoms with E-state index in [4.69, 9.17) is 9.97 Å². The minimum atomic E-state index is 0.0596. The normalized spacial score (nSPS) is 19.9. The third-order valence-electron chi connectivity index (χ3n) is 5.28. The monoisotopic (exact) mass is 385 g/mol. The predicted octanol–water partition coefficient (Wildman–Crippen LogP) is 3.25. The average Bonchev–Trinajstić information content (AvgIpc) is 3.36. The summed E-state index contributed by atoms with van der Waals surface area (Å²) in [6.45, 7) is 7.36. The maximum atomic E-state index is 11.9. The van der Waals surface area contributed by atoms with E-state index in [1.165, 1.54) is 15.8 Å². The number of hydrogen-bond acceptors (Lipinski definition) is 6. The van der Waals surface area contributed by atoms with E-state index in [1.807, 2.05) is 11.0 Å². The van der Waals surface area contributed by atoms with Gasteiger partial charge in [-0.15, -0.1) is 22.7 Å². The van der Waals surface area contributed by atoms with Crippen molar-refractivity contribution < 1.29 is 4.79 Å². The molecule has 1 N–H and O–H groups in total. The SMILES string of the molecule is Cc1sc2nc(-c3cccs3)nc(N3CCN4C(=O)NC[C@@H]4C3)c2c1C. The number of fused-ring (bicyclic) bond motifs is 2. The van der Waals surface area contributed by atoms with E-state index < -0.39 is 0 Å². The van der Waals surface area contributed by atoms with E-state index in [0.717, 1.165) is 41.0 Å². The van der Waals surface area contributed by atoms with Crippen LogP contribution in [-0.4, -0.2) is 53.1 Å². The zero-order valence-electron chi connectivity index (χ0n) is 14.7. The summed E-state index contributed by atoms with van der Waals surface area (Å²) in [5.41, 5.74) is 1.26. The summed E-state index contributed by atoms with van der Waals surface area (Å²) in [4.78, 5) is 29.4. The fourth-order valence-electron chi connectivity index (χ4n) is 3.77. The minimum absolute atomic E-state index is 0.0596. The molecular formula is C18H19N5OS2. The molecule has 1 atom stereocenters. The fraction of sp³-hybridized carbons (Fsp3) is 0.389. The molecule has 3 aromatic heterocycles. The van der Waals surface area contributed by atoms with Gasteiger partial charge < -0.3 is 15.1 Å². The number of carbonyl (C=O) groups is 1. The molecule has 0 saturated carbocycles. The highest BCUT2D eigenvalue weighted by atomic mass is 32.1. The van der Waals surface area contributed by atoms with Gasteiger partial charge in [0.1, 0.15) is 10.6 Å². The molecule has 2 fully saturated rings. The molecule has 5 heterocycles. The van der Waals surface area contributed by atoms with Gasteiger partial charge in [0.2, 0.25) is 0 Å². The van der Waals surface area contributed by atoms with E-state index in [-0.39, 0.29) is 12.1 Å². The van der Waals surface area contributed by atoms with Crippen LogP contribution in [0, 0.1) is 13.8 Å². The molecule has 5 rings (SSSR count). The Morgan fingerprint density at radius 1 is 1.27 bits per heavy atom. The van der Waals surface area contributed by atoms with Crippen molar-refractivity contribution in [3.05, 3.63) is 28.0 Å². The highest BCUT2D eigenvalue weighted by Gasteiger charge is 2.36. The van der Waals surface area contributed by atoms with Gasteiger partial charge in [0.25, 0.3) is 0 Å². The van der Waals surface area contributed by atoms with Gasteiger partial charge in [0, 0.05) is 31.1 Å². The third kappa shape index (κ3) is 2.39. The second-order valence-electron chi connectivity index (χ2n) is 6.79. The van der Waals surface area contributed by atoms with Crippen molar-refractivity contribution in [2.75, 3.05) is 31.1 Å². The largest absolute Gasteiger partial charge is 0.352 e. The van der Waals surface area contributed by atoms with E-state index in [1.54, 1.807) is 22.7 Å². The lowest BCUT2D eigenvalue weighted by Crippen LogP contribution is -2.52. The summed E-state index contributed by atoms with van der Waals surface area (Å²) < 4.78 is 0. The van der Waals surface area contributed by atoms with Gasteiger partial charge in [-0.25, -0.2) is 14.8 Å². The Hall–Kier alpha value is -2.19. The van der Waals surface area contributed by atoms with E-state index in [2.05, 4.69) is 35.5 Å². The van der Waals surface area contributed by atoms with Crippen molar-refractivity contribution >= 4 is 44.7 Å². The molecule has 0 spiro atoms. The molecule has 0 radical (unpaired) electrons. The molecule has 0 aliphatic carbocycles. The van der Waals surface area contributed by atoms with Crippen LogP contribution in [0.5, 0.6) is 0 Å². The molecule has 2 amide bonds. The van der Waals surface area contributed by atoms with Crippen LogP contribution in [0.1, 0.15) is 10.4 Å². The Morgan fingerprint density at radius 2 is 2.15 bits per heavy atom. The van der Waals surface area contributed by atoms with Crippen molar-refractivity contribution in [1.82, 2.24) is 20.2 Å². The lowest BCUT2D eigenvalue weighted by molar-refractivity contribution is 0.197. The van der Waals surface area contributed by atoms with E-state index >= 15 is 0 Å². The van der Waals surface area contributed by atoms with Crippen LogP contribution in [0.15, 0.2) is 17.5 Å². The van der Waals surface area contributed by atoms with E-state index in [0.29, 0.717) is 6.54 Å². The van der Waals surface area contributed by atoms with Crippen molar-refractivity contribution in [2.24, 2.45) is 0 Å². The molecule has 2 saturated heterocycles. The number of aromatic nitrogens is 2. The number of nitrogens with zero attached hydrogens (tertiary/aromatic N) is 4. The summed E-state index contributed by atoms with van der Waals surface area (Å²) in [6.07, 6.45) is 0. The van der Waals surface area contributed by atoms with Gasteiger partial charge in [-0.05, 0) is 30.9 Å². The van der Waals surface area contributed by atoms with Gasteiger partial charge >= 0.3 is 6.03 Å². The zero-order valence-corrected chi connectivity index (χ0v) is 16.3. The Balaban J connectivity index is 1.63. The van der Waals surface area contributed by atoms with Crippen LogP contribution < -0.4 is 10.2 Å². The first-order chi connectivity index (χ1) is 12.6. The molecule has 3 aromatic rings. The lowest BCUT2D eigenvalue weighted by atomic mass is 10.1. The number of nitrogens with one attached hydrogen (secondary N) is 1. The Bertz CT molecular complexity index is 997. The molecule has 2 aliphatic heterocycles. The summed E-state index contributed by atoms with van der Waals surface area (Å²) in [7, 11) is 0. The van der Waals surface area contributed by atoms with Crippen molar-refractivity contribution in [1.29, 1.82) is 0 Å². The minimum Gasteiger partial charge on any atom is -0.352 e. The molecular weight excluding hydrogens is 366 g/mol. The van der Waals surface area contributed by atoms with Crippen LogP contribution in [0.4, 0.5) is 10.6 Å². The Labute approximate surface area is 159 Å². The van der Waals surface area contributed by atoms with Crippen LogP contribution >= 0.6 is 22.7 Å². The maximum Gasteiger partial charge on any atom is 0.317 e. The number of piperazine rings is 1. The number of hydrogen-bond donors (Lipinski definition) is 1. The van der Waals surface area contributed by atoms with Crippen LogP contribution in [-0.2, 0) is 0 Å². The average molecular weight is 386 g/mol. The maximum absolute atomic E-state index is 11.9. The molecule has 2 aliphatic rings. The number of thiophene rings is 2. The van der Waals surface area contributed by atoms with Crippen molar-refractivity contribution in [3.63, 3.8) is 0 Å². The Morgan fingerprint density at radius 3 is 2.96 bits per heavy atom. The molecule has 134 valence electrons. The van der Waals surface area contributed by atoms with Crippen LogP contribution in [0.2, 0.25) is 0 Å². The van der Waals surface area contributed by atoms with Gasteiger partial charge in [-0.1, -0.05) is 6.07 Å². The lowest BCUT2D eigenvalue weighted by Gasteiger charge is -2.37. The number of amides is 2. The van der Waals surface area contributed by atoms with Gasteiger partial charge in [0.15, 0.2) is 5.82 Å². The zero-order chi connectivity index (χ0) is 17.8. The third-order valence-corrected chi connectivity index (χ3v) is 7.25. The van der Waals surface area contributed by atoms with Crippen LogP contribution in [0.25, 0.3) is 20.9 Å². The van der Waals surface area contributed by atoms with Gasteiger partial charge in [-0.3, -0.25) is 0 Å². The second-order valence-corrected chi connectivity index (χ2v) is 8.94. The van der Waals surface area contributed by atoms with E-state index in [9.17, 15) is 4.79 Å². The molecule has 6 nitrogen and oxygen atoms in total. The summed E-state index contributed by atoms with van der Waals surface area (Å²) in [5, 5.41) is 6.17. The first kappa shape index (κ1) is 16.0. The number of aryl methyl sites for hydroxylation is 2. The Kier molecular flexibility index (Phi) is 3.65. The molecule has 0 aromatic carbocycles. The topological polar surface area (TPSA) is 61.4 Å². The number of anilines is 1. The van der Waals surface area contributed by atoms with Crippen molar-refractivity contribution in [2.45, 2.75) is 19.9 Å². The summed E-state index contributed by atoms with van der Waals surface area (Å²) in [5.74, 6) is 1.81. The smallest absolute Gasteiger partial charge is 0.317 e.